The van der Waals surface area contributed by atoms with Gasteiger partial charge in [0, 0.05) is 31.5 Å². The third-order valence-electron chi connectivity index (χ3n) is 4.44. The van der Waals surface area contributed by atoms with Crippen LogP contribution >= 0.6 is 0 Å². The third kappa shape index (κ3) is 4.08. The number of nitrogens with zero attached hydrogens (tertiary/aromatic N) is 3. The van der Waals surface area contributed by atoms with Crippen molar-refractivity contribution in [3.8, 4) is 0 Å². The Labute approximate surface area is 146 Å². The molecule has 8 heteroatoms. The molecule has 0 radical (unpaired) electrons. The van der Waals surface area contributed by atoms with Crippen LogP contribution in [0.4, 0.5) is 5.82 Å². The molecule has 8 nitrogen and oxygen atoms in total. The predicted octanol–water partition coefficient (Wildman–Crippen LogP) is 1.21. The Balaban J connectivity index is 1.61. The van der Waals surface area contributed by atoms with Crippen LogP contribution in [0, 0.1) is 6.92 Å². The summed E-state index contributed by atoms with van der Waals surface area (Å²) in [5.41, 5.74) is 1.12. The summed E-state index contributed by atoms with van der Waals surface area (Å²) in [6.45, 7) is 4.08. The molecule has 0 spiro atoms. The number of carbonyl (C=O) groups excluding carboxylic acids is 2. The highest BCUT2D eigenvalue weighted by Gasteiger charge is 2.26. The normalized spacial score (nSPS) is 15.9. The largest absolute Gasteiger partial charge is 0.360 e. The summed E-state index contributed by atoms with van der Waals surface area (Å²) in [4.78, 5) is 26.4. The number of anilines is 1. The zero-order valence-electron chi connectivity index (χ0n) is 14.5. The first-order valence-corrected chi connectivity index (χ1v) is 8.42. The summed E-state index contributed by atoms with van der Waals surface area (Å²) in [7, 11) is 1.99. The fraction of sp³-hybridized carbons (Fsp3) is 0.471. The van der Waals surface area contributed by atoms with Crippen LogP contribution in [0.25, 0.3) is 0 Å². The molecule has 2 amide bonds. The molecule has 0 bridgehead atoms. The lowest BCUT2D eigenvalue weighted by Gasteiger charge is -2.28. The average molecular weight is 345 g/mol. The maximum atomic E-state index is 12.1. The molecular formula is C17H23N5O3. The SMILES string of the molecule is Cc1cc(NC(=O)C(=O)NC[C@H](c2cccn2C)N2CCCC2)no1. The van der Waals surface area contributed by atoms with Gasteiger partial charge < -0.3 is 14.4 Å². The summed E-state index contributed by atoms with van der Waals surface area (Å²) in [6, 6.07) is 5.64. The van der Waals surface area contributed by atoms with Crippen molar-refractivity contribution in [1.82, 2.24) is 19.9 Å². The van der Waals surface area contributed by atoms with E-state index >= 15 is 0 Å². The van der Waals surface area contributed by atoms with Gasteiger partial charge >= 0.3 is 11.8 Å². The molecule has 1 aliphatic rings. The standard InChI is InChI=1S/C17H23N5O3/c1-12-10-15(20-25-12)19-17(24)16(23)18-11-14(22-8-3-4-9-22)13-6-5-7-21(13)2/h5-7,10,14H,3-4,8-9,11H2,1-2H3,(H,18,23)(H,19,20,24)/t14-/m1/s1. The van der Waals surface area contributed by atoms with E-state index in [0.29, 0.717) is 12.3 Å². The fourth-order valence-electron chi connectivity index (χ4n) is 3.16. The van der Waals surface area contributed by atoms with Gasteiger partial charge in [0.2, 0.25) is 0 Å². The van der Waals surface area contributed by atoms with Crippen molar-refractivity contribution >= 4 is 17.6 Å². The summed E-state index contributed by atoms with van der Waals surface area (Å²) in [5.74, 6) is -0.635. The van der Waals surface area contributed by atoms with E-state index in [2.05, 4.69) is 20.7 Å². The lowest BCUT2D eigenvalue weighted by atomic mass is 10.1. The predicted molar refractivity (Wildman–Crippen MR) is 91.8 cm³/mol. The van der Waals surface area contributed by atoms with Gasteiger partial charge in [-0.3, -0.25) is 19.8 Å². The molecular weight excluding hydrogens is 322 g/mol. The van der Waals surface area contributed by atoms with Crippen LogP contribution in [0.5, 0.6) is 0 Å². The Bertz CT molecular complexity index is 745. The minimum absolute atomic E-state index is 0.0496. The molecule has 0 saturated carbocycles. The molecule has 2 aromatic heterocycles. The van der Waals surface area contributed by atoms with E-state index in [0.717, 1.165) is 31.6 Å². The number of likely N-dealkylation sites (tertiary alicyclic amines) is 1. The molecule has 1 saturated heterocycles. The van der Waals surface area contributed by atoms with Crippen molar-refractivity contribution < 1.29 is 14.1 Å². The third-order valence-corrected chi connectivity index (χ3v) is 4.44. The Morgan fingerprint density at radius 3 is 2.68 bits per heavy atom. The molecule has 0 unspecified atom stereocenters. The molecule has 1 aliphatic heterocycles. The number of hydrogen-bond donors (Lipinski definition) is 2. The van der Waals surface area contributed by atoms with E-state index in [4.69, 9.17) is 4.52 Å². The van der Waals surface area contributed by atoms with Gasteiger partial charge in [0.05, 0.1) is 6.04 Å². The minimum Gasteiger partial charge on any atom is -0.360 e. The van der Waals surface area contributed by atoms with Crippen molar-refractivity contribution in [1.29, 1.82) is 0 Å². The topological polar surface area (TPSA) is 92.4 Å². The molecule has 3 heterocycles. The van der Waals surface area contributed by atoms with Gasteiger partial charge in [-0.05, 0) is 45.0 Å². The zero-order valence-corrected chi connectivity index (χ0v) is 14.5. The first-order chi connectivity index (χ1) is 12.0. The Hall–Kier alpha value is -2.61. The van der Waals surface area contributed by atoms with Crippen LogP contribution < -0.4 is 10.6 Å². The van der Waals surface area contributed by atoms with Crippen molar-refractivity contribution in [2.75, 3.05) is 25.0 Å². The van der Waals surface area contributed by atoms with Gasteiger partial charge in [0.25, 0.3) is 0 Å². The highest BCUT2D eigenvalue weighted by atomic mass is 16.5. The monoisotopic (exact) mass is 345 g/mol. The van der Waals surface area contributed by atoms with E-state index in [-0.39, 0.29) is 11.9 Å². The van der Waals surface area contributed by atoms with Crippen LogP contribution in [0.1, 0.15) is 30.3 Å². The summed E-state index contributed by atoms with van der Waals surface area (Å²) < 4.78 is 6.92. The number of aryl methyl sites for hydroxylation is 2. The maximum Gasteiger partial charge on any atom is 0.314 e. The number of carbonyl (C=O) groups is 2. The van der Waals surface area contributed by atoms with Gasteiger partial charge in [-0.1, -0.05) is 5.16 Å². The van der Waals surface area contributed by atoms with Crippen LogP contribution in [-0.2, 0) is 16.6 Å². The number of aromatic nitrogens is 2. The number of nitrogens with one attached hydrogen (secondary N) is 2. The van der Waals surface area contributed by atoms with E-state index in [1.807, 2.05) is 29.9 Å². The van der Waals surface area contributed by atoms with Crippen LogP contribution in [0.3, 0.4) is 0 Å². The molecule has 25 heavy (non-hydrogen) atoms. The van der Waals surface area contributed by atoms with Gasteiger partial charge in [-0.15, -0.1) is 0 Å². The van der Waals surface area contributed by atoms with Gasteiger partial charge in [0.15, 0.2) is 5.82 Å². The molecule has 134 valence electrons. The van der Waals surface area contributed by atoms with Crippen molar-refractivity contribution in [3.63, 3.8) is 0 Å². The van der Waals surface area contributed by atoms with E-state index in [9.17, 15) is 9.59 Å². The lowest BCUT2D eigenvalue weighted by Crippen LogP contribution is -2.41. The minimum atomic E-state index is -0.750. The smallest absolute Gasteiger partial charge is 0.314 e. The van der Waals surface area contributed by atoms with Crippen LogP contribution in [-0.4, -0.2) is 46.1 Å². The second-order valence-corrected chi connectivity index (χ2v) is 6.29. The van der Waals surface area contributed by atoms with Crippen molar-refractivity contribution in [2.24, 2.45) is 7.05 Å². The summed E-state index contributed by atoms with van der Waals surface area (Å²) >= 11 is 0. The van der Waals surface area contributed by atoms with Crippen LogP contribution in [0.2, 0.25) is 0 Å². The van der Waals surface area contributed by atoms with E-state index < -0.39 is 11.8 Å². The Kier molecular flexibility index (Phi) is 5.18. The number of hydrogen-bond acceptors (Lipinski definition) is 5. The number of amides is 2. The fourth-order valence-corrected chi connectivity index (χ4v) is 3.16. The first-order valence-electron chi connectivity index (χ1n) is 8.42. The second-order valence-electron chi connectivity index (χ2n) is 6.29. The lowest BCUT2D eigenvalue weighted by molar-refractivity contribution is -0.136. The second kappa shape index (κ2) is 7.52. The van der Waals surface area contributed by atoms with Gasteiger partial charge in [0.1, 0.15) is 5.76 Å². The van der Waals surface area contributed by atoms with E-state index in [1.165, 1.54) is 0 Å². The Morgan fingerprint density at radius 1 is 1.32 bits per heavy atom. The molecule has 0 aromatic carbocycles. The van der Waals surface area contributed by atoms with E-state index in [1.54, 1.807) is 13.0 Å². The molecule has 1 atom stereocenters. The summed E-state index contributed by atoms with van der Waals surface area (Å²) in [5, 5.41) is 8.82. The Morgan fingerprint density at radius 2 is 2.08 bits per heavy atom. The van der Waals surface area contributed by atoms with Gasteiger partial charge in [-0.25, -0.2) is 0 Å². The highest BCUT2D eigenvalue weighted by Crippen LogP contribution is 2.24. The zero-order chi connectivity index (χ0) is 17.8. The highest BCUT2D eigenvalue weighted by molar-refractivity contribution is 6.39. The quantitative estimate of drug-likeness (QED) is 0.795. The maximum absolute atomic E-state index is 12.1. The van der Waals surface area contributed by atoms with Crippen molar-refractivity contribution in [3.05, 3.63) is 35.9 Å². The van der Waals surface area contributed by atoms with Crippen molar-refractivity contribution in [2.45, 2.75) is 25.8 Å². The molecule has 2 N–H and O–H groups in total. The first kappa shape index (κ1) is 17.2. The van der Waals surface area contributed by atoms with Gasteiger partial charge in [-0.2, -0.15) is 0 Å². The number of rotatable bonds is 5. The molecule has 3 rings (SSSR count). The molecule has 0 aliphatic carbocycles. The van der Waals surface area contributed by atoms with Crippen LogP contribution in [0.15, 0.2) is 28.9 Å². The molecule has 1 fully saturated rings. The average Bonchev–Trinajstić information content (AvgIpc) is 3.32. The summed E-state index contributed by atoms with van der Waals surface area (Å²) in [6.07, 6.45) is 4.29. The molecule has 2 aromatic rings.